The first kappa shape index (κ1) is 16.7. The highest BCUT2D eigenvalue weighted by Crippen LogP contribution is 2.25. The summed E-state index contributed by atoms with van der Waals surface area (Å²) in [5, 5.41) is 3.72. The quantitative estimate of drug-likeness (QED) is 0.716. The zero-order valence-electron chi connectivity index (χ0n) is 12.5. The van der Waals surface area contributed by atoms with E-state index in [1.165, 1.54) is 10.9 Å². The Bertz CT molecular complexity index is 971. The van der Waals surface area contributed by atoms with Crippen LogP contribution in [0.1, 0.15) is 6.42 Å². The second-order valence-corrected chi connectivity index (χ2v) is 6.51. The predicted octanol–water partition coefficient (Wildman–Crippen LogP) is 3.84. The van der Waals surface area contributed by atoms with E-state index in [0.29, 0.717) is 21.6 Å². The average Bonchev–Trinajstić information content (AvgIpc) is 2.57. The number of fused-ring (bicyclic) bond motifs is 1. The maximum Gasteiger partial charge on any atom is 0.261 e. The number of aromatic nitrogens is 2. The minimum absolute atomic E-state index is 0.145. The van der Waals surface area contributed by atoms with Crippen LogP contribution >= 0.6 is 27.5 Å². The molecule has 0 unspecified atom stereocenters. The van der Waals surface area contributed by atoms with Gasteiger partial charge in [0, 0.05) is 17.4 Å². The number of anilines is 1. The highest BCUT2D eigenvalue weighted by molar-refractivity contribution is 9.10. The Morgan fingerprint density at radius 3 is 2.83 bits per heavy atom. The molecule has 0 aliphatic heterocycles. The van der Waals surface area contributed by atoms with Gasteiger partial charge in [-0.1, -0.05) is 39.7 Å². The van der Waals surface area contributed by atoms with Crippen LogP contribution in [0.15, 0.2) is 58.1 Å². The molecule has 0 saturated carbocycles. The van der Waals surface area contributed by atoms with Gasteiger partial charge in [0.2, 0.25) is 5.91 Å². The lowest BCUT2D eigenvalue weighted by molar-refractivity contribution is -0.116. The molecule has 7 heteroatoms. The number of halogens is 2. The maximum absolute atomic E-state index is 12.4. The second-order valence-electron chi connectivity index (χ2n) is 5.18. The molecule has 1 amide bonds. The Hall–Kier alpha value is -2.18. The number of carbonyl (C=O) groups excluding carboxylic acids is 1. The van der Waals surface area contributed by atoms with Crippen LogP contribution in [0.3, 0.4) is 0 Å². The molecule has 0 fully saturated rings. The average molecular weight is 407 g/mol. The summed E-state index contributed by atoms with van der Waals surface area (Å²) >= 11 is 9.38. The highest BCUT2D eigenvalue weighted by atomic mass is 79.9. The fourth-order valence-corrected chi connectivity index (χ4v) is 3.01. The first-order chi connectivity index (χ1) is 11.5. The largest absolute Gasteiger partial charge is 0.325 e. The zero-order chi connectivity index (χ0) is 17.1. The van der Waals surface area contributed by atoms with E-state index in [9.17, 15) is 9.59 Å². The summed E-state index contributed by atoms with van der Waals surface area (Å²) in [6.07, 6.45) is 1.61. The van der Waals surface area contributed by atoms with Crippen LogP contribution in [-0.2, 0) is 11.3 Å². The van der Waals surface area contributed by atoms with Crippen molar-refractivity contribution in [2.75, 3.05) is 5.32 Å². The lowest BCUT2D eigenvalue weighted by Crippen LogP contribution is -2.23. The molecule has 0 aliphatic rings. The Kier molecular flexibility index (Phi) is 4.97. The third kappa shape index (κ3) is 3.66. The van der Waals surface area contributed by atoms with Gasteiger partial charge in [-0.2, -0.15) is 0 Å². The molecular formula is C17H13BrClN3O2. The predicted molar refractivity (Wildman–Crippen MR) is 98.4 cm³/mol. The summed E-state index contributed by atoms with van der Waals surface area (Å²) in [4.78, 5) is 28.7. The van der Waals surface area contributed by atoms with Crippen molar-refractivity contribution in [3.63, 3.8) is 0 Å². The van der Waals surface area contributed by atoms with Crippen LogP contribution in [0.25, 0.3) is 10.9 Å². The number of hydrogen-bond acceptors (Lipinski definition) is 3. The third-order valence-corrected chi connectivity index (χ3v) is 4.32. The van der Waals surface area contributed by atoms with Gasteiger partial charge in [0.1, 0.15) is 0 Å². The van der Waals surface area contributed by atoms with Crippen LogP contribution in [0.5, 0.6) is 0 Å². The molecule has 24 heavy (non-hydrogen) atoms. The molecular weight excluding hydrogens is 394 g/mol. The number of nitrogens with zero attached hydrogens (tertiary/aromatic N) is 2. The number of rotatable bonds is 4. The Morgan fingerprint density at radius 1 is 1.25 bits per heavy atom. The number of nitrogens with one attached hydrogen (secondary N) is 1. The maximum atomic E-state index is 12.4. The molecule has 1 heterocycles. The van der Waals surface area contributed by atoms with Crippen LogP contribution < -0.4 is 10.9 Å². The molecule has 2 aromatic carbocycles. The van der Waals surface area contributed by atoms with Crippen molar-refractivity contribution in [1.82, 2.24) is 9.55 Å². The summed E-state index contributed by atoms with van der Waals surface area (Å²) in [5.74, 6) is -0.223. The normalized spacial score (nSPS) is 10.8. The molecule has 1 aromatic heterocycles. The fraction of sp³-hybridized carbons (Fsp3) is 0.118. The SMILES string of the molecule is O=C(CCn1cnc2ccccc2c1=O)Nc1ccc(Br)cc1Cl. The standard InChI is InChI=1S/C17H13BrClN3O2/c18-11-5-6-15(13(19)9-11)21-16(23)7-8-22-10-20-14-4-2-1-3-12(14)17(22)24/h1-6,9-10H,7-8H2,(H,21,23). The molecule has 0 aliphatic carbocycles. The van der Waals surface area contributed by atoms with Gasteiger partial charge in [0.15, 0.2) is 0 Å². The smallest absolute Gasteiger partial charge is 0.261 e. The topological polar surface area (TPSA) is 64.0 Å². The van der Waals surface area contributed by atoms with Crippen LogP contribution in [0.2, 0.25) is 5.02 Å². The van der Waals surface area contributed by atoms with Crippen molar-refractivity contribution in [2.45, 2.75) is 13.0 Å². The number of hydrogen-bond donors (Lipinski definition) is 1. The van der Waals surface area contributed by atoms with E-state index in [2.05, 4.69) is 26.2 Å². The Labute approximate surface area is 151 Å². The number of amides is 1. The first-order valence-electron chi connectivity index (χ1n) is 7.23. The van der Waals surface area contributed by atoms with Crippen molar-refractivity contribution in [3.05, 3.63) is 68.6 Å². The van der Waals surface area contributed by atoms with Gasteiger partial charge in [-0.05, 0) is 30.3 Å². The molecule has 1 N–H and O–H groups in total. The van der Waals surface area contributed by atoms with E-state index in [4.69, 9.17) is 11.6 Å². The monoisotopic (exact) mass is 405 g/mol. The van der Waals surface area contributed by atoms with Crippen molar-refractivity contribution < 1.29 is 4.79 Å². The lowest BCUT2D eigenvalue weighted by atomic mass is 10.2. The molecule has 0 saturated heterocycles. The van der Waals surface area contributed by atoms with Gasteiger partial charge < -0.3 is 5.32 Å². The lowest BCUT2D eigenvalue weighted by Gasteiger charge is -2.09. The van der Waals surface area contributed by atoms with Gasteiger partial charge in [-0.15, -0.1) is 0 Å². The van der Waals surface area contributed by atoms with Crippen molar-refractivity contribution in [3.8, 4) is 0 Å². The van der Waals surface area contributed by atoms with Crippen molar-refractivity contribution >= 4 is 50.0 Å². The molecule has 3 rings (SSSR count). The molecule has 0 atom stereocenters. The number of para-hydroxylation sites is 1. The van der Waals surface area contributed by atoms with Crippen molar-refractivity contribution in [2.24, 2.45) is 0 Å². The Balaban J connectivity index is 1.70. The molecule has 3 aromatic rings. The van der Waals surface area contributed by atoms with Crippen LogP contribution in [0.4, 0.5) is 5.69 Å². The molecule has 122 valence electrons. The van der Waals surface area contributed by atoms with E-state index in [0.717, 1.165) is 4.47 Å². The first-order valence-corrected chi connectivity index (χ1v) is 8.41. The minimum atomic E-state index is -0.223. The zero-order valence-corrected chi connectivity index (χ0v) is 14.8. The molecule has 5 nitrogen and oxygen atoms in total. The van der Waals surface area contributed by atoms with E-state index in [1.807, 2.05) is 6.07 Å². The highest BCUT2D eigenvalue weighted by Gasteiger charge is 2.08. The van der Waals surface area contributed by atoms with Gasteiger partial charge >= 0.3 is 0 Å². The summed E-state index contributed by atoms with van der Waals surface area (Å²) in [7, 11) is 0. The fourth-order valence-electron chi connectivity index (χ4n) is 2.29. The summed E-state index contributed by atoms with van der Waals surface area (Å²) in [6, 6.07) is 12.3. The van der Waals surface area contributed by atoms with Gasteiger partial charge in [-0.25, -0.2) is 4.98 Å². The summed E-state index contributed by atoms with van der Waals surface area (Å²) in [5.41, 5.74) is 1.02. The van der Waals surface area contributed by atoms with Crippen LogP contribution in [-0.4, -0.2) is 15.5 Å². The third-order valence-electron chi connectivity index (χ3n) is 3.52. The van der Waals surface area contributed by atoms with E-state index in [1.54, 1.807) is 36.4 Å². The van der Waals surface area contributed by atoms with Gasteiger partial charge in [-0.3, -0.25) is 14.2 Å². The Morgan fingerprint density at radius 2 is 2.04 bits per heavy atom. The van der Waals surface area contributed by atoms with E-state index < -0.39 is 0 Å². The summed E-state index contributed by atoms with van der Waals surface area (Å²) < 4.78 is 2.27. The van der Waals surface area contributed by atoms with E-state index in [-0.39, 0.29) is 24.4 Å². The molecule has 0 spiro atoms. The molecule has 0 bridgehead atoms. The second kappa shape index (κ2) is 7.15. The van der Waals surface area contributed by atoms with Crippen molar-refractivity contribution in [1.29, 1.82) is 0 Å². The van der Waals surface area contributed by atoms with Crippen LogP contribution in [0, 0.1) is 0 Å². The minimum Gasteiger partial charge on any atom is -0.325 e. The number of carbonyl (C=O) groups is 1. The van der Waals surface area contributed by atoms with Gasteiger partial charge in [0.25, 0.3) is 5.56 Å². The number of aryl methyl sites for hydroxylation is 1. The number of benzene rings is 2. The van der Waals surface area contributed by atoms with Gasteiger partial charge in [0.05, 0.1) is 27.9 Å². The molecule has 0 radical (unpaired) electrons. The van der Waals surface area contributed by atoms with E-state index >= 15 is 0 Å². The summed E-state index contributed by atoms with van der Waals surface area (Å²) in [6.45, 7) is 0.247.